The maximum absolute atomic E-state index is 11.1. The van der Waals surface area contributed by atoms with Gasteiger partial charge in [0.2, 0.25) is 5.76 Å². The fourth-order valence-corrected chi connectivity index (χ4v) is 0.759. The molecule has 0 aromatic rings. The Bertz CT molecular complexity index is 329. The van der Waals surface area contributed by atoms with Crippen molar-refractivity contribution in [2.24, 2.45) is 0 Å². The largest absolute Gasteiger partial charge is 0.417 e. The van der Waals surface area contributed by atoms with Gasteiger partial charge in [-0.15, -0.1) is 0 Å². The average Bonchev–Trinajstić information content (AvgIpc) is 2.34. The van der Waals surface area contributed by atoms with E-state index in [1.54, 1.807) is 0 Å². The molecule has 0 aliphatic carbocycles. The number of ether oxygens (including phenoxy) is 1. The van der Waals surface area contributed by atoms with Crippen LogP contribution in [0.2, 0.25) is 0 Å². The number of carbonyl (C=O) groups excluding carboxylic acids is 3. The minimum atomic E-state index is -0.761. The number of rotatable bonds is 2. The van der Waals surface area contributed by atoms with Gasteiger partial charge in [-0.05, 0) is 0 Å². The molecule has 0 fully saturated rings. The van der Waals surface area contributed by atoms with E-state index < -0.39 is 17.8 Å². The smallest absolute Gasteiger partial charge is 0.335 e. The standard InChI is InChI=1S/C8H7NO4/c1-3-7(11)13-5-4-6(10)9(2)8(5)12/h3-4H,1H2,2H3. The van der Waals surface area contributed by atoms with Crippen molar-refractivity contribution < 1.29 is 19.1 Å². The number of amides is 2. The zero-order valence-corrected chi connectivity index (χ0v) is 6.94. The van der Waals surface area contributed by atoms with Gasteiger partial charge < -0.3 is 4.74 Å². The van der Waals surface area contributed by atoms with Gasteiger partial charge in [-0.1, -0.05) is 6.58 Å². The first kappa shape index (κ1) is 9.18. The first-order valence-corrected chi connectivity index (χ1v) is 3.44. The third-order valence-corrected chi connectivity index (χ3v) is 1.48. The average molecular weight is 181 g/mol. The molecule has 0 bridgehead atoms. The first-order chi connectivity index (χ1) is 6.06. The lowest BCUT2D eigenvalue weighted by atomic mass is 10.5. The van der Waals surface area contributed by atoms with Crippen LogP contribution in [0.3, 0.4) is 0 Å². The molecule has 1 heterocycles. The molecule has 1 rings (SSSR count). The Morgan fingerprint density at radius 2 is 2.23 bits per heavy atom. The number of likely N-dealkylation sites (N-methyl/N-ethyl adjacent to an activating group) is 1. The van der Waals surface area contributed by atoms with Crippen LogP contribution < -0.4 is 0 Å². The molecule has 0 atom stereocenters. The van der Waals surface area contributed by atoms with Crippen molar-refractivity contribution in [3.8, 4) is 0 Å². The Morgan fingerprint density at radius 1 is 1.62 bits per heavy atom. The Labute approximate surface area is 74.3 Å². The Kier molecular flexibility index (Phi) is 2.27. The molecule has 0 radical (unpaired) electrons. The lowest BCUT2D eigenvalue weighted by Crippen LogP contribution is -2.26. The summed E-state index contributed by atoms with van der Waals surface area (Å²) in [6.45, 7) is 3.15. The minimum absolute atomic E-state index is 0.266. The lowest BCUT2D eigenvalue weighted by molar-refractivity contribution is -0.142. The molecule has 68 valence electrons. The predicted octanol–water partition coefficient (Wildman–Crippen LogP) is -0.402. The highest BCUT2D eigenvalue weighted by atomic mass is 16.5. The summed E-state index contributed by atoms with van der Waals surface area (Å²) in [4.78, 5) is 33.5. The van der Waals surface area contributed by atoms with Crippen molar-refractivity contribution >= 4 is 17.8 Å². The maximum Gasteiger partial charge on any atom is 0.335 e. The van der Waals surface area contributed by atoms with Crippen LogP contribution in [0.1, 0.15) is 0 Å². The van der Waals surface area contributed by atoms with Crippen LogP contribution in [0.4, 0.5) is 0 Å². The number of esters is 1. The molecule has 1 aliphatic rings. The second-order valence-electron chi connectivity index (χ2n) is 2.34. The van der Waals surface area contributed by atoms with Gasteiger partial charge in [0, 0.05) is 13.1 Å². The lowest BCUT2D eigenvalue weighted by Gasteiger charge is -2.05. The third kappa shape index (κ3) is 1.64. The molecule has 0 saturated heterocycles. The third-order valence-electron chi connectivity index (χ3n) is 1.48. The van der Waals surface area contributed by atoms with E-state index in [1.807, 2.05) is 0 Å². The number of hydrogen-bond acceptors (Lipinski definition) is 4. The molecule has 0 unspecified atom stereocenters. The molecular weight excluding hydrogens is 174 g/mol. The number of hydrogen-bond donors (Lipinski definition) is 0. The van der Waals surface area contributed by atoms with Crippen LogP contribution in [-0.4, -0.2) is 29.7 Å². The van der Waals surface area contributed by atoms with Crippen molar-refractivity contribution in [2.45, 2.75) is 0 Å². The fraction of sp³-hybridized carbons (Fsp3) is 0.125. The van der Waals surface area contributed by atoms with Crippen LogP contribution in [0.5, 0.6) is 0 Å². The second-order valence-corrected chi connectivity index (χ2v) is 2.34. The molecular formula is C8H7NO4. The van der Waals surface area contributed by atoms with Gasteiger partial charge in [-0.3, -0.25) is 14.5 Å². The van der Waals surface area contributed by atoms with Crippen molar-refractivity contribution in [1.29, 1.82) is 0 Å². The molecule has 5 heteroatoms. The van der Waals surface area contributed by atoms with E-state index in [1.165, 1.54) is 7.05 Å². The van der Waals surface area contributed by atoms with Crippen LogP contribution in [-0.2, 0) is 19.1 Å². The van der Waals surface area contributed by atoms with Crippen molar-refractivity contribution in [2.75, 3.05) is 7.05 Å². The van der Waals surface area contributed by atoms with Crippen LogP contribution >= 0.6 is 0 Å². The molecule has 0 aromatic heterocycles. The van der Waals surface area contributed by atoms with E-state index in [2.05, 4.69) is 11.3 Å². The van der Waals surface area contributed by atoms with Crippen LogP contribution in [0.15, 0.2) is 24.5 Å². The highest BCUT2D eigenvalue weighted by Crippen LogP contribution is 2.11. The zero-order valence-electron chi connectivity index (χ0n) is 6.94. The molecule has 0 saturated carbocycles. The Hall–Kier alpha value is -1.91. The van der Waals surface area contributed by atoms with Crippen LogP contribution in [0.25, 0.3) is 0 Å². The number of nitrogens with zero attached hydrogens (tertiary/aromatic N) is 1. The summed E-state index contributed by atoms with van der Waals surface area (Å²) in [6.07, 6.45) is 1.88. The van der Waals surface area contributed by atoms with Crippen molar-refractivity contribution in [1.82, 2.24) is 4.90 Å². The van der Waals surface area contributed by atoms with Gasteiger partial charge in [-0.25, -0.2) is 4.79 Å². The molecule has 0 spiro atoms. The van der Waals surface area contributed by atoms with E-state index in [0.29, 0.717) is 0 Å². The van der Waals surface area contributed by atoms with Gasteiger partial charge in [0.25, 0.3) is 11.8 Å². The molecule has 0 aromatic carbocycles. The summed E-state index contributed by atoms with van der Waals surface area (Å²) in [5, 5.41) is 0. The summed E-state index contributed by atoms with van der Waals surface area (Å²) in [5.41, 5.74) is 0. The van der Waals surface area contributed by atoms with Gasteiger partial charge in [0.1, 0.15) is 0 Å². The van der Waals surface area contributed by atoms with E-state index in [-0.39, 0.29) is 5.76 Å². The first-order valence-electron chi connectivity index (χ1n) is 3.44. The van der Waals surface area contributed by atoms with Crippen molar-refractivity contribution in [3.63, 3.8) is 0 Å². The van der Waals surface area contributed by atoms with Gasteiger partial charge in [0.15, 0.2) is 0 Å². The normalized spacial score (nSPS) is 15.8. The van der Waals surface area contributed by atoms with E-state index in [9.17, 15) is 14.4 Å². The summed E-state index contributed by atoms with van der Waals surface area (Å²) in [6, 6.07) is 0. The Morgan fingerprint density at radius 3 is 2.62 bits per heavy atom. The quantitative estimate of drug-likeness (QED) is 0.330. The summed E-state index contributed by atoms with van der Waals surface area (Å²) in [7, 11) is 1.30. The summed E-state index contributed by atoms with van der Waals surface area (Å²) < 4.78 is 4.51. The second kappa shape index (κ2) is 3.22. The highest BCUT2D eigenvalue weighted by molar-refractivity contribution is 6.15. The Balaban J connectivity index is 2.78. The van der Waals surface area contributed by atoms with E-state index in [0.717, 1.165) is 17.1 Å². The molecule has 13 heavy (non-hydrogen) atoms. The van der Waals surface area contributed by atoms with E-state index in [4.69, 9.17) is 0 Å². The summed E-state index contributed by atoms with van der Waals surface area (Å²) >= 11 is 0. The van der Waals surface area contributed by atoms with Gasteiger partial charge in [-0.2, -0.15) is 0 Å². The van der Waals surface area contributed by atoms with E-state index >= 15 is 0 Å². The minimum Gasteiger partial charge on any atom is -0.417 e. The topological polar surface area (TPSA) is 63.7 Å². The maximum atomic E-state index is 11.1. The molecule has 0 N–H and O–H groups in total. The van der Waals surface area contributed by atoms with Crippen LogP contribution in [0, 0.1) is 0 Å². The fourth-order valence-electron chi connectivity index (χ4n) is 0.759. The summed E-state index contributed by atoms with van der Waals surface area (Å²) in [5.74, 6) is -2.16. The molecule has 5 nitrogen and oxygen atoms in total. The number of carbonyl (C=O) groups is 3. The molecule has 1 aliphatic heterocycles. The SMILES string of the molecule is C=CC(=O)OC1=CC(=O)N(C)C1=O. The zero-order chi connectivity index (χ0) is 10.0. The van der Waals surface area contributed by atoms with Gasteiger partial charge >= 0.3 is 5.97 Å². The highest BCUT2D eigenvalue weighted by Gasteiger charge is 2.30. The number of imide groups is 1. The molecule has 2 amide bonds. The van der Waals surface area contributed by atoms with Gasteiger partial charge in [0.05, 0.1) is 6.08 Å². The predicted molar refractivity (Wildman–Crippen MR) is 42.1 cm³/mol. The monoisotopic (exact) mass is 181 g/mol. The van der Waals surface area contributed by atoms with Crippen molar-refractivity contribution in [3.05, 3.63) is 24.5 Å².